The first-order valence-corrected chi connectivity index (χ1v) is 6.80. The van der Waals surface area contributed by atoms with Gasteiger partial charge in [-0.3, -0.25) is 0 Å². The summed E-state index contributed by atoms with van der Waals surface area (Å²) >= 11 is 1.42. The summed E-state index contributed by atoms with van der Waals surface area (Å²) in [4.78, 5) is 1.62. The highest BCUT2D eigenvalue weighted by Gasteiger charge is 2.10. The molecule has 2 rings (SSSR count). The summed E-state index contributed by atoms with van der Waals surface area (Å²) < 4.78 is 19.1. The predicted octanol–water partition coefficient (Wildman–Crippen LogP) is 3.70. The number of ether oxygens (including phenoxy) is 1. The summed E-state index contributed by atoms with van der Waals surface area (Å²) in [5, 5.41) is 3.06. The molecular weight excluding hydrogens is 261 g/mol. The first-order chi connectivity index (χ1) is 9.24. The van der Waals surface area contributed by atoms with Crippen molar-refractivity contribution in [3.05, 3.63) is 53.8 Å². The number of hydrogen-bond acceptors (Lipinski definition) is 3. The Morgan fingerprint density at radius 3 is 2.74 bits per heavy atom. The fourth-order valence-electron chi connectivity index (χ4n) is 1.78. The molecule has 0 radical (unpaired) electrons. The van der Waals surface area contributed by atoms with Gasteiger partial charge in [-0.2, -0.15) is 0 Å². The van der Waals surface area contributed by atoms with E-state index in [4.69, 9.17) is 4.74 Å². The van der Waals surface area contributed by atoms with Crippen molar-refractivity contribution in [2.45, 2.75) is 16.3 Å². The standard InChI is InChI=1S/C15H16FNOS/c1-17-10-11-5-3-8-14(16)15(11)19-13-7-4-6-12(9-13)18-2/h3-9,17H,10H2,1-2H3. The molecule has 0 fully saturated rings. The lowest BCUT2D eigenvalue weighted by Crippen LogP contribution is -2.06. The van der Waals surface area contributed by atoms with Crippen LogP contribution in [0.4, 0.5) is 4.39 Å². The van der Waals surface area contributed by atoms with Gasteiger partial charge in [-0.15, -0.1) is 0 Å². The predicted molar refractivity (Wildman–Crippen MR) is 76.3 cm³/mol. The Morgan fingerprint density at radius 1 is 1.21 bits per heavy atom. The molecule has 1 N–H and O–H groups in total. The van der Waals surface area contributed by atoms with Crippen molar-refractivity contribution < 1.29 is 9.13 Å². The van der Waals surface area contributed by atoms with E-state index in [9.17, 15) is 4.39 Å². The topological polar surface area (TPSA) is 21.3 Å². The molecule has 0 atom stereocenters. The third-order valence-electron chi connectivity index (χ3n) is 2.68. The molecule has 0 bridgehead atoms. The number of benzene rings is 2. The van der Waals surface area contributed by atoms with Crippen LogP contribution in [0.25, 0.3) is 0 Å². The quantitative estimate of drug-likeness (QED) is 0.900. The molecular formula is C15H16FNOS. The molecule has 2 nitrogen and oxygen atoms in total. The SMILES string of the molecule is CNCc1cccc(F)c1Sc1cccc(OC)c1. The average Bonchev–Trinajstić information content (AvgIpc) is 2.43. The Hall–Kier alpha value is -1.52. The Balaban J connectivity index is 2.31. The van der Waals surface area contributed by atoms with Crippen molar-refractivity contribution in [3.8, 4) is 5.75 Å². The molecule has 0 heterocycles. The number of nitrogens with one attached hydrogen (secondary N) is 1. The number of hydrogen-bond donors (Lipinski definition) is 1. The normalized spacial score (nSPS) is 10.5. The molecule has 0 aliphatic rings. The van der Waals surface area contributed by atoms with Crippen LogP contribution >= 0.6 is 11.8 Å². The molecule has 0 aromatic heterocycles. The third kappa shape index (κ3) is 3.49. The third-order valence-corrected chi connectivity index (χ3v) is 3.83. The van der Waals surface area contributed by atoms with Crippen LogP contribution in [-0.4, -0.2) is 14.2 Å². The summed E-state index contributed by atoms with van der Waals surface area (Å²) in [5.41, 5.74) is 0.954. The molecule has 2 aromatic carbocycles. The van der Waals surface area contributed by atoms with Crippen LogP contribution in [0.1, 0.15) is 5.56 Å². The largest absolute Gasteiger partial charge is 0.497 e. The Labute approximate surface area is 117 Å². The van der Waals surface area contributed by atoms with E-state index in [1.54, 1.807) is 13.2 Å². The lowest BCUT2D eigenvalue weighted by molar-refractivity contribution is 0.413. The lowest BCUT2D eigenvalue weighted by Gasteiger charge is -2.10. The summed E-state index contributed by atoms with van der Waals surface area (Å²) in [7, 11) is 3.48. The maximum atomic E-state index is 14.0. The van der Waals surface area contributed by atoms with Crippen LogP contribution in [0.3, 0.4) is 0 Å². The van der Waals surface area contributed by atoms with E-state index in [0.717, 1.165) is 16.2 Å². The van der Waals surface area contributed by atoms with Gasteiger partial charge < -0.3 is 10.1 Å². The molecule has 0 aliphatic carbocycles. The maximum Gasteiger partial charge on any atom is 0.137 e. The first kappa shape index (κ1) is 13.9. The van der Waals surface area contributed by atoms with Crippen LogP contribution in [0.2, 0.25) is 0 Å². The van der Waals surface area contributed by atoms with E-state index in [1.165, 1.54) is 17.8 Å². The summed E-state index contributed by atoms with van der Waals surface area (Å²) in [6.45, 7) is 0.643. The summed E-state index contributed by atoms with van der Waals surface area (Å²) in [6.07, 6.45) is 0. The second-order valence-electron chi connectivity index (χ2n) is 4.04. The van der Waals surface area contributed by atoms with Gasteiger partial charge in [0.05, 0.1) is 12.0 Å². The van der Waals surface area contributed by atoms with E-state index in [2.05, 4.69) is 5.32 Å². The van der Waals surface area contributed by atoms with Crippen molar-refractivity contribution in [1.82, 2.24) is 5.32 Å². The first-order valence-electron chi connectivity index (χ1n) is 5.98. The van der Waals surface area contributed by atoms with E-state index in [0.29, 0.717) is 11.4 Å². The molecule has 4 heteroatoms. The molecule has 0 saturated carbocycles. The van der Waals surface area contributed by atoms with Gasteiger partial charge in [0.15, 0.2) is 0 Å². The zero-order valence-corrected chi connectivity index (χ0v) is 11.8. The van der Waals surface area contributed by atoms with Gasteiger partial charge in [0.1, 0.15) is 11.6 Å². The Morgan fingerprint density at radius 2 is 2.00 bits per heavy atom. The van der Waals surface area contributed by atoms with Gasteiger partial charge in [0.25, 0.3) is 0 Å². The fourth-order valence-corrected chi connectivity index (χ4v) is 2.77. The molecule has 0 aliphatic heterocycles. The zero-order valence-electron chi connectivity index (χ0n) is 10.9. The second-order valence-corrected chi connectivity index (χ2v) is 5.12. The Bertz CT molecular complexity index is 560. The molecule has 100 valence electrons. The molecule has 0 spiro atoms. The molecule has 0 amide bonds. The summed E-state index contributed by atoms with van der Waals surface area (Å²) in [5.74, 6) is 0.581. The van der Waals surface area contributed by atoms with E-state index in [1.807, 2.05) is 37.4 Å². The van der Waals surface area contributed by atoms with Crippen LogP contribution < -0.4 is 10.1 Å². The van der Waals surface area contributed by atoms with Crippen molar-refractivity contribution in [2.24, 2.45) is 0 Å². The van der Waals surface area contributed by atoms with Crippen LogP contribution in [0.15, 0.2) is 52.3 Å². The van der Waals surface area contributed by atoms with Crippen LogP contribution in [0, 0.1) is 5.82 Å². The van der Waals surface area contributed by atoms with Crippen molar-refractivity contribution >= 4 is 11.8 Å². The smallest absolute Gasteiger partial charge is 0.137 e. The highest BCUT2D eigenvalue weighted by molar-refractivity contribution is 7.99. The van der Waals surface area contributed by atoms with Crippen LogP contribution in [-0.2, 0) is 6.54 Å². The van der Waals surface area contributed by atoms with Gasteiger partial charge in [-0.1, -0.05) is 30.0 Å². The van der Waals surface area contributed by atoms with Gasteiger partial charge in [-0.25, -0.2) is 4.39 Å². The minimum Gasteiger partial charge on any atom is -0.497 e. The van der Waals surface area contributed by atoms with E-state index in [-0.39, 0.29) is 5.82 Å². The lowest BCUT2D eigenvalue weighted by atomic mass is 10.2. The molecule has 0 unspecified atom stereocenters. The van der Waals surface area contributed by atoms with Crippen molar-refractivity contribution in [3.63, 3.8) is 0 Å². The monoisotopic (exact) mass is 277 g/mol. The number of halogens is 1. The highest BCUT2D eigenvalue weighted by Crippen LogP contribution is 2.34. The maximum absolute atomic E-state index is 14.0. The zero-order chi connectivity index (χ0) is 13.7. The number of methoxy groups -OCH3 is 1. The van der Waals surface area contributed by atoms with Crippen molar-refractivity contribution in [2.75, 3.05) is 14.2 Å². The Kier molecular flexibility index (Phi) is 4.82. The van der Waals surface area contributed by atoms with E-state index < -0.39 is 0 Å². The van der Waals surface area contributed by atoms with Gasteiger partial charge in [0, 0.05) is 11.4 Å². The minimum atomic E-state index is -0.194. The van der Waals surface area contributed by atoms with Gasteiger partial charge in [0.2, 0.25) is 0 Å². The molecule has 2 aromatic rings. The van der Waals surface area contributed by atoms with Gasteiger partial charge in [-0.05, 0) is 36.9 Å². The average molecular weight is 277 g/mol. The second kappa shape index (κ2) is 6.59. The van der Waals surface area contributed by atoms with Crippen molar-refractivity contribution in [1.29, 1.82) is 0 Å². The number of rotatable bonds is 5. The minimum absolute atomic E-state index is 0.194. The summed E-state index contributed by atoms with van der Waals surface area (Å²) in [6, 6.07) is 12.8. The highest BCUT2D eigenvalue weighted by atomic mass is 32.2. The molecule has 0 saturated heterocycles. The fraction of sp³-hybridized carbons (Fsp3) is 0.200. The van der Waals surface area contributed by atoms with Gasteiger partial charge >= 0.3 is 0 Å². The van der Waals surface area contributed by atoms with Crippen LogP contribution in [0.5, 0.6) is 5.75 Å². The van der Waals surface area contributed by atoms with E-state index >= 15 is 0 Å². The molecule has 19 heavy (non-hydrogen) atoms.